The van der Waals surface area contributed by atoms with Crippen molar-refractivity contribution in [1.82, 2.24) is 19.6 Å². The Labute approximate surface area is 138 Å². The van der Waals surface area contributed by atoms with Crippen LogP contribution in [0.15, 0.2) is 12.3 Å². The SMILES string of the molecule is O=C(O)Cn1ccc([C@H]2CCCN(C(=O)CN3CCOC3=O)C2)n1. The molecule has 2 amide bonds. The zero-order chi connectivity index (χ0) is 17.1. The predicted octanol–water partition coefficient (Wildman–Crippen LogP) is 0.126. The average molecular weight is 336 g/mol. The topological polar surface area (TPSA) is 105 Å². The van der Waals surface area contributed by atoms with Gasteiger partial charge in [-0.3, -0.25) is 19.2 Å². The maximum Gasteiger partial charge on any atom is 0.410 e. The molecule has 1 N–H and O–H groups in total. The highest BCUT2D eigenvalue weighted by Gasteiger charge is 2.30. The standard InChI is InChI=1S/C15H20N4O5/c20-13(9-18-6-7-24-15(18)23)17-4-1-2-11(8-17)12-3-5-19(16-12)10-14(21)22/h3,5,11H,1-2,4,6-10H2,(H,21,22)/t11-/m0/s1. The van der Waals surface area contributed by atoms with E-state index in [1.807, 2.05) is 0 Å². The third-order valence-electron chi connectivity index (χ3n) is 4.32. The summed E-state index contributed by atoms with van der Waals surface area (Å²) in [6.07, 6.45) is 2.96. The summed E-state index contributed by atoms with van der Waals surface area (Å²) >= 11 is 0. The van der Waals surface area contributed by atoms with Crippen LogP contribution < -0.4 is 0 Å². The van der Waals surface area contributed by atoms with Gasteiger partial charge in [0.25, 0.3) is 0 Å². The Hall–Kier alpha value is -2.58. The number of likely N-dealkylation sites (tertiary alicyclic amines) is 1. The highest BCUT2D eigenvalue weighted by Crippen LogP contribution is 2.25. The molecule has 9 heteroatoms. The number of cyclic esters (lactones) is 1. The quantitative estimate of drug-likeness (QED) is 0.819. The summed E-state index contributed by atoms with van der Waals surface area (Å²) in [5.74, 6) is -0.950. The summed E-state index contributed by atoms with van der Waals surface area (Å²) in [6, 6.07) is 1.80. The molecule has 2 saturated heterocycles. The number of nitrogens with zero attached hydrogens (tertiary/aromatic N) is 4. The molecule has 2 aliphatic rings. The van der Waals surface area contributed by atoms with Crippen LogP contribution in [0.4, 0.5) is 4.79 Å². The maximum absolute atomic E-state index is 12.4. The fourth-order valence-corrected chi connectivity index (χ4v) is 3.10. The smallest absolute Gasteiger partial charge is 0.410 e. The molecule has 1 aromatic heterocycles. The number of ether oxygens (including phenoxy) is 1. The lowest BCUT2D eigenvalue weighted by atomic mass is 9.95. The molecule has 0 saturated carbocycles. The summed E-state index contributed by atoms with van der Waals surface area (Å²) in [5, 5.41) is 13.1. The van der Waals surface area contributed by atoms with E-state index in [1.54, 1.807) is 17.2 Å². The number of carboxylic acid groups (broad SMARTS) is 1. The van der Waals surface area contributed by atoms with Gasteiger partial charge in [-0.15, -0.1) is 0 Å². The molecule has 1 aromatic rings. The molecule has 0 radical (unpaired) electrons. The number of aliphatic carboxylic acids is 1. The van der Waals surface area contributed by atoms with E-state index in [0.29, 0.717) is 26.2 Å². The number of carbonyl (C=O) groups is 3. The molecule has 1 atom stereocenters. The zero-order valence-electron chi connectivity index (χ0n) is 13.3. The molecule has 2 fully saturated rings. The first-order valence-electron chi connectivity index (χ1n) is 7.97. The predicted molar refractivity (Wildman–Crippen MR) is 81.3 cm³/mol. The van der Waals surface area contributed by atoms with Crippen molar-refractivity contribution in [1.29, 1.82) is 0 Å². The minimum absolute atomic E-state index is 0.0407. The van der Waals surface area contributed by atoms with Crippen LogP contribution in [0.3, 0.4) is 0 Å². The van der Waals surface area contributed by atoms with Gasteiger partial charge in [0.05, 0.1) is 12.2 Å². The van der Waals surface area contributed by atoms with Crippen LogP contribution in [-0.2, 0) is 20.9 Å². The number of carbonyl (C=O) groups excluding carboxylic acids is 2. The van der Waals surface area contributed by atoms with Crippen molar-refractivity contribution in [3.8, 4) is 0 Å². The molecule has 0 aliphatic carbocycles. The first kappa shape index (κ1) is 16.3. The molecule has 9 nitrogen and oxygen atoms in total. The van der Waals surface area contributed by atoms with Gasteiger partial charge < -0.3 is 14.7 Å². The number of hydrogen-bond donors (Lipinski definition) is 1. The van der Waals surface area contributed by atoms with Crippen LogP contribution in [0.1, 0.15) is 24.5 Å². The summed E-state index contributed by atoms with van der Waals surface area (Å²) in [5.41, 5.74) is 0.800. The second-order valence-corrected chi connectivity index (χ2v) is 6.05. The fraction of sp³-hybridized carbons (Fsp3) is 0.600. The van der Waals surface area contributed by atoms with E-state index < -0.39 is 12.1 Å². The highest BCUT2D eigenvalue weighted by molar-refractivity contribution is 5.83. The van der Waals surface area contributed by atoms with Crippen molar-refractivity contribution in [3.63, 3.8) is 0 Å². The Morgan fingerprint density at radius 1 is 1.33 bits per heavy atom. The number of piperidine rings is 1. The van der Waals surface area contributed by atoms with Crippen molar-refractivity contribution in [2.75, 3.05) is 32.8 Å². The number of carboxylic acids is 1. The minimum atomic E-state index is -0.942. The molecular weight excluding hydrogens is 316 g/mol. The van der Waals surface area contributed by atoms with Gasteiger partial charge >= 0.3 is 12.1 Å². The van der Waals surface area contributed by atoms with E-state index in [9.17, 15) is 14.4 Å². The van der Waals surface area contributed by atoms with E-state index in [2.05, 4.69) is 5.10 Å². The Bertz CT molecular complexity index is 644. The molecule has 0 aromatic carbocycles. The van der Waals surface area contributed by atoms with E-state index in [1.165, 1.54) is 9.58 Å². The molecular formula is C15H20N4O5. The number of hydrogen-bond acceptors (Lipinski definition) is 5. The first-order valence-corrected chi connectivity index (χ1v) is 7.97. The maximum atomic E-state index is 12.4. The van der Waals surface area contributed by atoms with Crippen LogP contribution in [0.5, 0.6) is 0 Å². The van der Waals surface area contributed by atoms with Crippen LogP contribution in [0.25, 0.3) is 0 Å². The van der Waals surface area contributed by atoms with Crippen LogP contribution in [0.2, 0.25) is 0 Å². The number of rotatable bonds is 5. The van der Waals surface area contributed by atoms with Gasteiger partial charge in [0, 0.05) is 25.2 Å². The van der Waals surface area contributed by atoms with Gasteiger partial charge in [-0.2, -0.15) is 5.10 Å². The third-order valence-corrected chi connectivity index (χ3v) is 4.32. The monoisotopic (exact) mass is 336 g/mol. The van der Waals surface area contributed by atoms with Crippen LogP contribution in [0, 0.1) is 0 Å². The first-order chi connectivity index (χ1) is 11.5. The van der Waals surface area contributed by atoms with Crippen molar-refractivity contribution < 1.29 is 24.2 Å². The van der Waals surface area contributed by atoms with Crippen molar-refractivity contribution >= 4 is 18.0 Å². The molecule has 2 aliphatic heterocycles. The highest BCUT2D eigenvalue weighted by atomic mass is 16.6. The zero-order valence-corrected chi connectivity index (χ0v) is 13.3. The van der Waals surface area contributed by atoms with Gasteiger partial charge in [0.1, 0.15) is 19.7 Å². The van der Waals surface area contributed by atoms with Crippen molar-refractivity contribution in [2.45, 2.75) is 25.3 Å². The minimum Gasteiger partial charge on any atom is -0.480 e. The molecule has 0 unspecified atom stereocenters. The van der Waals surface area contributed by atoms with Gasteiger partial charge in [-0.25, -0.2) is 4.79 Å². The van der Waals surface area contributed by atoms with Crippen LogP contribution >= 0.6 is 0 Å². The van der Waals surface area contributed by atoms with E-state index in [-0.39, 0.29) is 24.9 Å². The Balaban J connectivity index is 1.59. The lowest BCUT2D eigenvalue weighted by molar-refractivity contribution is -0.138. The van der Waals surface area contributed by atoms with E-state index in [4.69, 9.17) is 9.84 Å². The molecule has 130 valence electrons. The molecule has 0 spiro atoms. The summed E-state index contributed by atoms with van der Waals surface area (Å²) in [4.78, 5) is 37.7. The number of aromatic nitrogens is 2. The van der Waals surface area contributed by atoms with Gasteiger partial charge in [-0.05, 0) is 18.9 Å². The Kier molecular flexibility index (Phi) is 4.68. The molecule has 3 rings (SSSR count). The largest absolute Gasteiger partial charge is 0.480 e. The van der Waals surface area contributed by atoms with Gasteiger partial charge in [-0.1, -0.05) is 0 Å². The molecule has 24 heavy (non-hydrogen) atoms. The van der Waals surface area contributed by atoms with E-state index in [0.717, 1.165) is 18.5 Å². The van der Waals surface area contributed by atoms with Crippen LogP contribution in [-0.4, -0.2) is 75.4 Å². The fourth-order valence-electron chi connectivity index (χ4n) is 3.10. The third kappa shape index (κ3) is 3.66. The van der Waals surface area contributed by atoms with E-state index >= 15 is 0 Å². The molecule has 0 bridgehead atoms. The normalized spacial score (nSPS) is 21.0. The summed E-state index contributed by atoms with van der Waals surface area (Å²) < 4.78 is 6.22. The lowest BCUT2D eigenvalue weighted by Gasteiger charge is -2.32. The second-order valence-electron chi connectivity index (χ2n) is 6.05. The summed E-state index contributed by atoms with van der Waals surface area (Å²) in [6.45, 7) is 1.84. The Morgan fingerprint density at radius 2 is 2.17 bits per heavy atom. The lowest BCUT2D eigenvalue weighted by Crippen LogP contribution is -2.45. The molecule has 3 heterocycles. The van der Waals surface area contributed by atoms with Crippen molar-refractivity contribution in [3.05, 3.63) is 18.0 Å². The van der Waals surface area contributed by atoms with Crippen molar-refractivity contribution in [2.24, 2.45) is 0 Å². The Morgan fingerprint density at radius 3 is 2.88 bits per heavy atom. The average Bonchev–Trinajstić information content (AvgIpc) is 3.17. The second kappa shape index (κ2) is 6.90. The summed E-state index contributed by atoms with van der Waals surface area (Å²) in [7, 11) is 0. The van der Waals surface area contributed by atoms with Gasteiger partial charge in [0.15, 0.2) is 0 Å². The van der Waals surface area contributed by atoms with Gasteiger partial charge in [0.2, 0.25) is 5.91 Å². The number of amides is 2.